The van der Waals surface area contributed by atoms with E-state index in [1.54, 1.807) is 0 Å². The van der Waals surface area contributed by atoms with Gasteiger partial charge in [0.05, 0.1) is 32.3 Å². The van der Waals surface area contributed by atoms with Crippen molar-refractivity contribution in [2.45, 2.75) is 56.0 Å². The molecule has 0 radical (unpaired) electrons. The molecule has 1 aliphatic rings. The minimum absolute atomic E-state index is 0.366. The molecule has 1 unspecified atom stereocenters. The number of carbonyl (C=O) groups is 2. The van der Waals surface area contributed by atoms with Gasteiger partial charge < -0.3 is 40.0 Å². The van der Waals surface area contributed by atoms with E-state index in [9.17, 15) is 24.9 Å². The molecular formula is C14H25NO9. The lowest BCUT2D eigenvalue weighted by molar-refractivity contribution is -0.304. The predicted octanol–water partition coefficient (Wildman–Crippen LogP) is -2.74. The SMILES string of the molecule is COC(=O)CC1(O)C[C@H](O)[C@@H](NC(C)=O)[C@H]([C@H](OC)[C@H](O)CO)O1. The van der Waals surface area contributed by atoms with Crippen molar-refractivity contribution in [1.82, 2.24) is 5.32 Å². The second kappa shape index (κ2) is 8.70. The van der Waals surface area contributed by atoms with Crippen LogP contribution in [0.2, 0.25) is 0 Å². The second-order valence-electron chi connectivity index (χ2n) is 5.73. The minimum Gasteiger partial charge on any atom is -0.469 e. The summed E-state index contributed by atoms with van der Waals surface area (Å²) in [5.41, 5.74) is 0. The Kier molecular flexibility index (Phi) is 7.52. The number of rotatable bonds is 7. The molecule has 140 valence electrons. The molecule has 1 aliphatic heterocycles. The van der Waals surface area contributed by atoms with Crippen LogP contribution in [-0.4, -0.2) is 89.4 Å². The van der Waals surface area contributed by atoms with E-state index in [1.165, 1.54) is 14.0 Å². The fraction of sp³-hybridized carbons (Fsp3) is 0.857. The highest BCUT2D eigenvalue weighted by molar-refractivity contribution is 5.73. The van der Waals surface area contributed by atoms with Crippen molar-refractivity contribution in [1.29, 1.82) is 0 Å². The molecule has 6 atom stereocenters. The van der Waals surface area contributed by atoms with E-state index in [1.807, 2.05) is 0 Å². The van der Waals surface area contributed by atoms with Gasteiger partial charge in [-0.1, -0.05) is 0 Å². The van der Waals surface area contributed by atoms with Crippen LogP contribution in [0.15, 0.2) is 0 Å². The van der Waals surface area contributed by atoms with Crippen LogP contribution in [0.4, 0.5) is 0 Å². The molecule has 1 rings (SSSR count). The van der Waals surface area contributed by atoms with Gasteiger partial charge in [-0.2, -0.15) is 0 Å². The third-order valence-corrected chi connectivity index (χ3v) is 3.83. The monoisotopic (exact) mass is 351 g/mol. The molecule has 0 aromatic carbocycles. The molecule has 1 heterocycles. The number of carbonyl (C=O) groups excluding carboxylic acids is 2. The zero-order chi connectivity index (χ0) is 18.5. The van der Waals surface area contributed by atoms with E-state index in [4.69, 9.17) is 14.6 Å². The number of hydrogen-bond donors (Lipinski definition) is 5. The van der Waals surface area contributed by atoms with Crippen molar-refractivity contribution in [3.8, 4) is 0 Å². The summed E-state index contributed by atoms with van der Waals surface area (Å²) >= 11 is 0. The first-order valence-corrected chi connectivity index (χ1v) is 7.41. The van der Waals surface area contributed by atoms with Crippen LogP contribution < -0.4 is 5.32 Å². The number of amides is 1. The molecule has 0 aromatic rings. The molecule has 1 amide bonds. The van der Waals surface area contributed by atoms with Gasteiger partial charge in [0.15, 0.2) is 5.79 Å². The van der Waals surface area contributed by atoms with Crippen LogP contribution >= 0.6 is 0 Å². The maximum absolute atomic E-state index is 11.5. The summed E-state index contributed by atoms with van der Waals surface area (Å²) in [6.07, 6.45) is -6.01. The van der Waals surface area contributed by atoms with Crippen LogP contribution in [0.3, 0.4) is 0 Å². The lowest BCUT2D eigenvalue weighted by atomic mass is 9.87. The van der Waals surface area contributed by atoms with E-state index in [-0.39, 0.29) is 6.42 Å². The molecule has 0 aromatic heterocycles. The van der Waals surface area contributed by atoms with Crippen molar-refractivity contribution in [2.24, 2.45) is 0 Å². The molecule has 0 saturated carbocycles. The minimum atomic E-state index is -2.07. The maximum Gasteiger partial charge on any atom is 0.310 e. The van der Waals surface area contributed by atoms with Gasteiger partial charge in [-0.05, 0) is 0 Å². The Hall–Kier alpha value is -1.30. The maximum atomic E-state index is 11.5. The Labute approximate surface area is 139 Å². The Morgan fingerprint density at radius 2 is 2.04 bits per heavy atom. The van der Waals surface area contributed by atoms with Gasteiger partial charge in [-0.15, -0.1) is 0 Å². The summed E-state index contributed by atoms with van der Waals surface area (Å²) in [7, 11) is 2.37. The van der Waals surface area contributed by atoms with Gasteiger partial charge >= 0.3 is 5.97 Å². The summed E-state index contributed by atoms with van der Waals surface area (Å²) in [5.74, 6) is -3.31. The normalized spacial score (nSPS) is 32.7. The first-order valence-electron chi connectivity index (χ1n) is 7.41. The molecule has 5 N–H and O–H groups in total. The van der Waals surface area contributed by atoms with Gasteiger partial charge in [0.25, 0.3) is 0 Å². The average molecular weight is 351 g/mol. The molecule has 24 heavy (non-hydrogen) atoms. The van der Waals surface area contributed by atoms with E-state index >= 15 is 0 Å². The molecule has 10 heteroatoms. The highest BCUT2D eigenvalue weighted by Crippen LogP contribution is 2.33. The Bertz CT molecular complexity index is 446. The number of esters is 1. The highest BCUT2D eigenvalue weighted by atomic mass is 16.7. The lowest BCUT2D eigenvalue weighted by Gasteiger charge is -2.47. The van der Waals surface area contributed by atoms with Crippen molar-refractivity contribution >= 4 is 11.9 Å². The molecular weight excluding hydrogens is 326 g/mol. The number of nitrogens with one attached hydrogen (secondary N) is 1. The van der Waals surface area contributed by atoms with Crippen LogP contribution in [-0.2, 0) is 23.8 Å². The number of hydrogen-bond acceptors (Lipinski definition) is 9. The summed E-state index contributed by atoms with van der Waals surface area (Å²) in [5, 5.41) is 42.3. The van der Waals surface area contributed by atoms with Crippen molar-refractivity contribution < 1.29 is 44.2 Å². The smallest absolute Gasteiger partial charge is 0.310 e. The fourth-order valence-electron chi connectivity index (χ4n) is 2.76. The molecule has 10 nitrogen and oxygen atoms in total. The highest BCUT2D eigenvalue weighted by Gasteiger charge is 2.51. The van der Waals surface area contributed by atoms with Gasteiger partial charge in [0.2, 0.25) is 5.91 Å². The topological polar surface area (TPSA) is 155 Å². The van der Waals surface area contributed by atoms with Crippen LogP contribution in [0, 0.1) is 0 Å². The zero-order valence-corrected chi connectivity index (χ0v) is 13.8. The van der Waals surface area contributed by atoms with E-state index in [2.05, 4.69) is 10.1 Å². The summed E-state index contributed by atoms with van der Waals surface area (Å²) < 4.78 is 15.1. The molecule has 0 aliphatic carbocycles. The molecule has 1 fully saturated rings. The van der Waals surface area contributed by atoms with E-state index < -0.39 is 61.1 Å². The molecule has 0 spiro atoms. The number of aliphatic hydroxyl groups is 4. The van der Waals surface area contributed by atoms with Crippen LogP contribution in [0.5, 0.6) is 0 Å². The Morgan fingerprint density at radius 1 is 1.42 bits per heavy atom. The Morgan fingerprint density at radius 3 is 2.50 bits per heavy atom. The van der Waals surface area contributed by atoms with Gasteiger partial charge in [-0.3, -0.25) is 9.59 Å². The van der Waals surface area contributed by atoms with Crippen molar-refractivity contribution in [3.05, 3.63) is 0 Å². The number of methoxy groups -OCH3 is 2. The first kappa shape index (κ1) is 20.7. The molecule has 0 bridgehead atoms. The zero-order valence-electron chi connectivity index (χ0n) is 13.8. The number of aliphatic hydroxyl groups excluding tert-OH is 3. The van der Waals surface area contributed by atoms with Crippen molar-refractivity contribution in [2.75, 3.05) is 20.8 Å². The van der Waals surface area contributed by atoms with Crippen LogP contribution in [0.1, 0.15) is 19.8 Å². The van der Waals surface area contributed by atoms with Gasteiger partial charge in [0.1, 0.15) is 18.3 Å². The second-order valence-corrected chi connectivity index (χ2v) is 5.73. The van der Waals surface area contributed by atoms with Gasteiger partial charge in [-0.25, -0.2) is 0 Å². The fourth-order valence-corrected chi connectivity index (χ4v) is 2.76. The largest absolute Gasteiger partial charge is 0.469 e. The Balaban J connectivity index is 3.11. The summed E-state index contributed by atoms with van der Waals surface area (Å²) in [6, 6.07) is -1.02. The first-order chi connectivity index (χ1) is 11.2. The third kappa shape index (κ3) is 5.10. The van der Waals surface area contributed by atoms with Crippen molar-refractivity contribution in [3.63, 3.8) is 0 Å². The lowest BCUT2D eigenvalue weighted by Crippen LogP contribution is -2.66. The van der Waals surface area contributed by atoms with Crippen LogP contribution in [0.25, 0.3) is 0 Å². The number of ether oxygens (including phenoxy) is 3. The van der Waals surface area contributed by atoms with E-state index in [0.29, 0.717) is 0 Å². The average Bonchev–Trinajstić information content (AvgIpc) is 2.50. The summed E-state index contributed by atoms with van der Waals surface area (Å²) in [4.78, 5) is 22.8. The third-order valence-electron chi connectivity index (χ3n) is 3.83. The van der Waals surface area contributed by atoms with Gasteiger partial charge in [0, 0.05) is 20.5 Å². The summed E-state index contributed by atoms with van der Waals surface area (Å²) in [6.45, 7) is 0.556. The van der Waals surface area contributed by atoms with E-state index in [0.717, 1.165) is 7.11 Å². The predicted molar refractivity (Wildman–Crippen MR) is 78.6 cm³/mol. The molecule has 1 saturated heterocycles. The quantitative estimate of drug-likeness (QED) is 0.307. The standard InChI is InChI=1S/C14H25NO9/c1-7(17)15-11-8(18)4-14(21,5-10(20)22-2)24-13(11)12(23-3)9(19)6-16/h8-9,11-13,16,18-19,21H,4-6H2,1-3H3,(H,15,17)/t8-,9+,11+,12+,13+,14?/m0/s1.